The van der Waals surface area contributed by atoms with Gasteiger partial charge in [-0.05, 0) is 18.0 Å². The van der Waals surface area contributed by atoms with Gasteiger partial charge < -0.3 is 5.11 Å². The van der Waals surface area contributed by atoms with Gasteiger partial charge in [0.1, 0.15) is 0 Å². The first-order chi connectivity index (χ1) is 9.80. The lowest BCUT2D eigenvalue weighted by Gasteiger charge is -2.39. The fourth-order valence-electron chi connectivity index (χ4n) is 1.86. The molecular formula is C10H11ClF8OS2. The third-order valence-electron chi connectivity index (χ3n) is 3.05. The Morgan fingerprint density at radius 2 is 1.41 bits per heavy atom. The molecule has 1 atom stereocenters. The Bertz CT molecular complexity index is 384. The van der Waals surface area contributed by atoms with Gasteiger partial charge >= 0.3 is 23.1 Å². The van der Waals surface area contributed by atoms with Crippen LogP contribution in [0.1, 0.15) is 6.42 Å². The molecule has 132 valence electrons. The van der Waals surface area contributed by atoms with Gasteiger partial charge in [-0.1, -0.05) is 0 Å². The molecular weight excluding hydrogens is 388 g/mol. The molecule has 1 rings (SSSR count). The van der Waals surface area contributed by atoms with Crippen molar-refractivity contribution in [3.8, 4) is 0 Å². The summed E-state index contributed by atoms with van der Waals surface area (Å²) in [4.78, 5) is 0. The van der Waals surface area contributed by atoms with Crippen LogP contribution in [0, 0.1) is 5.92 Å². The Balaban J connectivity index is 3.21. The monoisotopic (exact) mass is 398 g/mol. The van der Waals surface area contributed by atoms with Crippen molar-refractivity contribution in [3.63, 3.8) is 0 Å². The SMILES string of the molecule is OCCC(C1SCCS1)C(F)(F)C(F)(F)C(F)(F)C(F)(F)Cl. The lowest BCUT2D eigenvalue weighted by atomic mass is 9.90. The maximum absolute atomic E-state index is 14.0. The van der Waals surface area contributed by atoms with Crippen molar-refractivity contribution in [2.45, 2.75) is 34.2 Å². The van der Waals surface area contributed by atoms with Crippen molar-refractivity contribution in [1.82, 2.24) is 0 Å². The normalized spacial score (nSPS) is 20.5. The summed E-state index contributed by atoms with van der Waals surface area (Å²) < 4.78 is 105. The van der Waals surface area contributed by atoms with E-state index in [0.717, 1.165) is 23.5 Å². The molecule has 0 aromatic carbocycles. The van der Waals surface area contributed by atoms with E-state index in [1.54, 1.807) is 0 Å². The quantitative estimate of drug-likeness (QED) is 0.502. The number of alkyl halides is 9. The van der Waals surface area contributed by atoms with Gasteiger partial charge in [-0.15, -0.1) is 23.5 Å². The molecule has 1 nitrogen and oxygen atoms in total. The number of aliphatic hydroxyl groups excluding tert-OH is 1. The maximum atomic E-state index is 14.0. The first-order valence-corrected chi connectivity index (χ1v) is 8.32. The standard InChI is InChI=1S/C10H11ClF8OS2/c11-10(18,19)9(16,17)8(14,15)7(12,13)5(1-2-20)6-21-3-4-22-6/h5-6,20H,1-4H2. The second-order valence-corrected chi connectivity index (χ2v) is 7.77. The van der Waals surface area contributed by atoms with Crippen molar-refractivity contribution >= 4 is 35.1 Å². The van der Waals surface area contributed by atoms with Crippen LogP contribution in [0.25, 0.3) is 0 Å². The summed E-state index contributed by atoms with van der Waals surface area (Å²) in [6, 6.07) is 0. The van der Waals surface area contributed by atoms with Crippen LogP contribution in [-0.2, 0) is 0 Å². The van der Waals surface area contributed by atoms with Gasteiger partial charge in [0, 0.05) is 18.1 Å². The van der Waals surface area contributed by atoms with E-state index in [-0.39, 0.29) is 0 Å². The summed E-state index contributed by atoms with van der Waals surface area (Å²) in [5.41, 5.74) is 0. The predicted molar refractivity (Wildman–Crippen MR) is 69.5 cm³/mol. The van der Waals surface area contributed by atoms with Crippen LogP contribution in [0.4, 0.5) is 35.1 Å². The minimum absolute atomic E-state index is 0.320. The number of halogens is 9. The van der Waals surface area contributed by atoms with E-state index < -0.39 is 46.7 Å². The molecule has 1 fully saturated rings. The van der Waals surface area contributed by atoms with Crippen LogP contribution in [0.2, 0.25) is 0 Å². The van der Waals surface area contributed by atoms with Gasteiger partial charge in [0.2, 0.25) is 0 Å². The summed E-state index contributed by atoms with van der Waals surface area (Å²) in [5, 5.41) is 2.88. The second kappa shape index (κ2) is 6.72. The fraction of sp³-hybridized carbons (Fsp3) is 1.00. The zero-order valence-corrected chi connectivity index (χ0v) is 13.0. The highest BCUT2D eigenvalue weighted by Crippen LogP contribution is 2.58. The highest BCUT2D eigenvalue weighted by atomic mass is 35.5. The Labute approximate surface area is 134 Å². The Morgan fingerprint density at radius 3 is 1.77 bits per heavy atom. The molecule has 22 heavy (non-hydrogen) atoms. The van der Waals surface area contributed by atoms with Crippen LogP contribution in [-0.4, -0.2) is 51.0 Å². The molecule has 12 heteroatoms. The van der Waals surface area contributed by atoms with Crippen LogP contribution in [0.5, 0.6) is 0 Å². The zero-order valence-electron chi connectivity index (χ0n) is 10.6. The van der Waals surface area contributed by atoms with Crippen LogP contribution >= 0.6 is 35.1 Å². The van der Waals surface area contributed by atoms with Crippen LogP contribution in [0.3, 0.4) is 0 Å². The van der Waals surface area contributed by atoms with Gasteiger partial charge in [0.05, 0.1) is 10.5 Å². The Hall–Kier alpha value is 0.390. The topological polar surface area (TPSA) is 20.2 Å². The Morgan fingerprint density at radius 1 is 0.955 bits per heavy atom. The van der Waals surface area contributed by atoms with Crippen molar-refractivity contribution in [2.75, 3.05) is 18.1 Å². The van der Waals surface area contributed by atoms with E-state index in [2.05, 4.69) is 11.6 Å². The van der Waals surface area contributed by atoms with Gasteiger partial charge in [0.15, 0.2) is 0 Å². The van der Waals surface area contributed by atoms with Gasteiger partial charge in [-0.3, -0.25) is 0 Å². The van der Waals surface area contributed by atoms with Gasteiger partial charge in [-0.2, -0.15) is 35.1 Å². The molecule has 0 saturated carbocycles. The average molecular weight is 399 g/mol. The van der Waals surface area contributed by atoms with E-state index in [1.165, 1.54) is 0 Å². The summed E-state index contributed by atoms with van der Waals surface area (Å²) in [6.45, 7) is -0.975. The van der Waals surface area contributed by atoms with Crippen LogP contribution in [0.15, 0.2) is 0 Å². The predicted octanol–water partition coefficient (Wildman–Crippen LogP) is 4.53. The molecule has 0 aromatic rings. The van der Waals surface area contributed by atoms with E-state index in [1.807, 2.05) is 0 Å². The molecule has 0 aromatic heterocycles. The molecule has 0 bridgehead atoms. The number of hydrogen-bond acceptors (Lipinski definition) is 3. The van der Waals surface area contributed by atoms with Gasteiger partial charge in [0.25, 0.3) is 0 Å². The molecule has 1 unspecified atom stereocenters. The molecule has 0 radical (unpaired) electrons. The largest absolute Gasteiger partial charge is 0.396 e. The number of thioether (sulfide) groups is 2. The van der Waals surface area contributed by atoms with E-state index in [0.29, 0.717) is 11.5 Å². The lowest BCUT2D eigenvalue weighted by molar-refractivity contribution is -0.358. The maximum Gasteiger partial charge on any atom is 0.392 e. The first-order valence-electron chi connectivity index (χ1n) is 5.85. The average Bonchev–Trinajstić information content (AvgIpc) is 2.87. The molecule has 1 aliphatic heterocycles. The van der Waals surface area contributed by atoms with Crippen molar-refractivity contribution < 1.29 is 40.2 Å². The summed E-state index contributed by atoms with van der Waals surface area (Å²) in [7, 11) is 0. The molecule has 1 saturated heterocycles. The molecule has 0 amide bonds. The fourth-order valence-corrected chi connectivity index (χ4v) is 5.25. The number of aliphatic hydroxyl groups is 1. The van der Waals surface area contributed by atoms with E-state index in [9.17, 15) is 35.1 Å². The molecule has 1 heterocycles. The second-order valence-electron chi connectivity index (χ2n) is 4.50. The highest BCUT2D eigenvalue weighted by Gasteiger charge is 2.82. The number of rotatable bonds is 7. The van der Waals surface area contributed by atoms with E-state index in [4.69, 9.17) is 5.11 Å². The van der Waals surface area contributed by atoms with Crippen molar-refractivity contribution in [2.24, 2.45) is 5.92 Å². The van der Waals surface area contributed by atoms with Crippen molar-refractivity contribution in [3.05, 3.63) is 0 Å². The Kier molecular flexibility index (Phi) is 6.24. The number of hydrogen-bond donors (Lipinski definition) is 1. The third-order valence-corrected chi connectivity index (χ3v) is 6.56. The first kappa shape index (κ1) is 20.4. The lowest BCUT2D eigenvalue weighted by Crippen LogP contribution is -2.63. The molecule has 0 spiro atoms. The zero-order chi connectivity index (χ0) is 17.4. The third kappa shape index (κ3) is 3.41. The van der Waals surface area contributed by atoms with Gasteiger partial charge in [-0.25, -0.2) is 0 Å². The van der Waals surface area contributed by atoms with Crippen LogP contribution < -0.4 is 0 Å². The minimum Gasteiger partial charge on any atom is -0.396 e. The summed E-state index contributed by atoms with van der Waals surface area (Å²) in [5.74, 6) is -20.1. The minimum atomic E-state index is -6.45. The summed E-state index contributed by atoms with van der Waals surface area (Å²) in [6.07, 6.45) is -0.933. The van der Waals surface area contributed by atoms with E-state index >= 15 is 0 Å². The highest BCUT2D eigenvalue weighted by molar-refractivity contribution is 8.20. The van der Waals surface area contributed by atoms with Crippen molar-refractivity contribution in [1.29, 1.82) is 0 Å². The molecule has 1 N–H and O–H groups in total. The molecule has 0 aliphatic carbocycles. The molecule has 1 aliphatic rings. The summed E-state index contributed by atoms with van der Waals surface area (Å²) >= 11 is 5.55. The smallest absolute Gasteiger partial charge is 0.392 e.